The van der Waals surface area contributed by atoms with Crippen LogP contribution in [-0.4, -0.2) is 16.9 Å². The maximum absolute atomic E-state index is 12.2. The summed E-state index contributed by atoms with van der Waals surface area (Å²) in [6.45, 7) is 0. The summed E-state index contributed by atoms with van der Waals surface area (Å²) in [5.74, 6) is -0.0490. The average molecular weight is 321 g/mol. The zero-order chi connectivity index (χ0) is 14.7. The van der Waals surface area contributed by atoms with Gasteiger partial charge in [-0.3, -0.25) is 4.79 Å². The number of aromatic nitrogens is 1. The van der Waals surface area contributed by atoms with E-state index in [1.165, 1.54) is 30.6 Å². The van der Waals surface area contributed by atoms with Crippen LogP contribution in [0.15, 0.2) is 29.6 Å². The maximum Gasteiger partial charge on any atom is 0.280 e. The quantitative estimate of drug-likeness (QED) is 0.903. The molecule has 1 amide bonds. The van der Waals surface area contributed by atoms with Crippen molar-refractivity contribution in [2.75, 3.05) is 0 Å². The minimum Gasteiger partial charge on any atom is -0.347 e. The molecule has 21 heavy (non-hydrogen) atoms. The van der Waals surface area contributed by atoms with Crippen LogP contribution in [0.3, 0.4) is 0 Å². The van der Waals surface area contributed by atoms with Gasteiger partial charge in [-0.2, -0.15) is 0 Å². The Morgan fingerprint density at radius 2 is 1.90 bits per heavy atom. The minimum atomic E-state index is -0.0490. The Bertz CT molecular complexity index is 617. The molecule has 1 aliphatic carbocycles. The van der Waals surface area contributed by atoms with Gasteiger partial charge >= 0.3 is 0 Å². The van der Waals surface area contributed by atoms with Gasteiger partial charge in [0.05, 0.1) is 5.69 Å². The largest absolute Gasteiger partial charge is 0.347 e. The van der Waals surface area contributed by atoms with E-state index in [0.29, 0.717) is 16.1 Å². The fourth-order valence-electron chi connectivity index (χ4n) is 2.63. The van der Waals surface area contributed by atoms with E-state index in [2.05, 4.69) is 10.3 Å². The van der Waals surface area contributed by atoms with E-state index in [0.717, 1.165) is 24.1 Å². The molecule has 0 aliphatic heterocycles. The number of carbonyl (C=O) groups excluding carboxylic acids is 1. The van der Waals surface area contributed by atoms with E-state index >= 15 is 0 Å². The van der Waals surface area contributed by atoms with Gasteiger partial charge in [0.2, 0.25) is 0 Å². The third-order valence-electron chi connectivity index (χ3n) is 3.78. The highest BCUT2D eigenvalue weighted by Crippen LogP contribution is 2.24. The van der Waals surface area contributed by atoms with Crippen molar-refractivity contribution in [2.45, 2.75) is 38.1 Å². The van der Waals surface area contributed by atoms with Crippen molar-refractivity contribution in [1.29, 1.82) is 0 Å². The highest BCUT2D eigenvalue weighted by atomic mass is 35.5. The molecule has 0 bridgehead atoms. The number of carbonyl (C=O) groups is 1. The first-order chi connectivity index (χ1) is 10.2. The van der Waals surface area contributed by atoms with Crippen LogP contribution < -0.4 is 5.32 Å². The summed E-state index contributed by atoms with van der Waals surface area (Å²) in [6.07, 6.45) is 5.87. The summed E-state index contributed by atoms with van der Waals surface area (Å²) in [5.41, 5.74) is 1.80. The van der Waals surface area contributed by atoms with Crippen LogP contribution in [0.1, 0.15) is 41.9 Å². The molecule has 1 aromatic heterocycles. The Balaban J connectivity index is 1.69. The summed E-state index contributed by atoms with van der Waals surface area (Å²) < 4.78 is 0. The normalized spacial score (nSPS) is 15.9. The van der Waals surface area contributed by atoms with E-state index < -0.39 is 0 Å². The van der Waals surface area contributed by atoms with Crippen LogP contribution in [0.2, 0.25) is 5.02 Å². The summed E-state index contributed by atoms with van der Waals surface area (Å²) in [4.78, 5) is 16.7. The topological polar surface area (TPSA) is 42.0 Å². The number of hydrogen-bond donors (Lipinski definition) is 1. The van der Waals surface area contributed by atoms with Crippen molar-refractivity contribution < 1.29 is 4.79 Å². The Morgan fingerprint density at radius 3 is 2.62 bits per heavy atom. The molecule has 3 rings (SSSR count). The van der Waals surface area contributed by atoms with Crippen molar-refractivity contribution in [1.82, 2.24) is 10.3 Å². The van der Waals surface area contributed by atoms with Crippen molar-refractivity contribution in [3.8, 4) is 11.3 Å². The number of nitrogens with one attached hydrogen (secondary N) is 1. The lowest BCUT2D eigenvalue weighted by Gasteiger charge is -2.22. The minimum absolute atomic E-state index is 0.0490. The average Bonchev–Trinajstić information content (AvgIpc) is 2.99. The number of amides is 1. The van der Waals surface area contributed by atoms with Gasteiger partial charge in [-0.25, -0.2) is 4.98 Å². The van der Waals surface area contributed by atoms with Crippen molar-refractivity contribution in [3.63, 3.8) is 0 Å². The molecule has 1 aromatic carbocycles. The van der Waals surface area contributed by atoms with E-state index in [9.17, 15) is 4.79 Å². The number of hydrogen-bond acceptors (Lipinski definition) is 3. The number of benzene rings is 1. The van der Waals surface area contributed by atoms with Crippen molar-refractivity contribution in [3.05, 3.63) is 39.7 Å². The van der Waals surface area contributed by atoms with Crippen LogP contribution in [0.25, 0.3) is 11.3 Å². The van der Waals surface area contributed by atoms with Gasteiger partial charge in [-0.15, -0.1) is 11.3 Å². The molecule has 0 atom stereocenters. The first-order valence-corrected chi connectivity index (χ1v) is 8.50. The predicted octanol–water partition coefficient (Wildman–Crippen LogP) is 4.53. The predicted molar refractivity (Wildman–Crippen MR) is 86.9 cm³/mol. The van der Waals surface area contributed by atoms with Crippen molar-refractivity contribution in [2.24, 2.45) is 0 Å². The van der Waals surface area contributed by atoms with Crippen LogP contribution in [0.4, 0.5) is 0 Å². The van der Waals surface area contributed by atoms with Crippen LogP contribution in [-0.2, 0) is 0 Å². The van der Waals surface area contributed by atoms with Gasteiger partial charge in [-0.05, 0) is 25.0 Å². The van der Waals surface area contributed by atoms with E-state index in [4.69, 9.17) is 11.6 Å². The lowest BCUT2D eigenvalue weighted by molar-refractivity contribution is 0.0927. The Kier molecular flexibility index (Phi) is 4.56. The molecule has 1 heterocycles. The first kappa shape index (κ1) is 14.5. The fourth-order valence-corrected chi connectivity index (χ4v) is 3.48. The Labute approximate surface area is 133 Å². The highest BCUT2D eigenvalue weighted by Gasteiger charge is 2.18. The smallest absolute Gasteiger partial charge is 0.280 e. The van der Waals surface area contributed by atoms with Gasteiger partial charge in [0.15, 0.2) is 5.01 Å². The molecule has 1 aliphatic rings. The van der Waals surface area contributed by atoms with Crippen LogP contribution >= 0.6 is 22.9 Å². The summed E-state index contributed by atoms with van der Waals surface area (Å²) in [5, 5.41) is 6.24. The molecule has 5 heteroatoms. The summed E-state index contributed by atoms with van der Waals surface area (Å²) in [7, 11) is 0. The molecule has 110 valence electrons. The lowest BCUT2D eigenvalue weighted by Crippen LogP contribution is -2.36. The van der Waals surface area contributed by atoms with Gasteiger partial charge in [0, 0.05) is 22.0 Å². The molecule has 0 radical (unpaired) electrons. The zero-order valence-electron chi connectivity index (χ0n) is 11.6. The second-order valence-corrected chi connectivity index (χ2v) is 6.65. The third-order valence-corrected chi connectivity index (χ3v) is 4.87. The number of rotatable bonds is 3. The molecule has 2 aromatic rings. The van der Waals surface area contributed by atoms with Crippen LogP contribution in [0.5, 0.6) is 0 Å². The first-order valence-electron chi connectivity index (χ1n) is 7.25. The second kappa shape index (κ2) is 6.58. The molecule has 1 saturated carbocycles. The van der Waals surface area contributed by atoms with Gasteiger partial charge in [-0.1, -0.05) is 43.0 Å². The zero-order valence-corrected chi connectivity index (χ0v) is 13.2. The fraction of sp³-hybridized carbons (Fsp3) is 0.375. The number of thiazole rings is 1. The monoisotopic (exact) mass is 320 g/mol. The Morgan fingerprint density at radius 1 is 1.19 bits per heavy atom. The molecule has 0 unspecified atom stereocenters. The van der Waals surface area contributed by atoms with Crippen molar-refractivity contribution >= 4 is 28.8 Å². The third kappa shape index (κ3) is 3.63. The summed E-state index contributed by atoms with van der Waals surface area (Å²) >= 11 is 7.27. The molecular weight excluding hydrogens is 304 g/mol. The second-order valence-electron chi connectivity index (χ2n) is 5.35. The molecule has 1 N–H and O–H groups in total. The SMILES string of the molecule is O=C(NC1CCCCC1)c1nc(-c2ccc(Cl)cc2)cs1. The molecule has 1 fully saturated rings. The van der Waals surface area contributed by atoms with E-state index in [1.54, 1.807) is 0 Å². The van der Waals surface area contributed by atoms with E-state index in [1.807, 2.05) is 29.6 Å². The van der Waals surface area contributed by atoms with E-state index in [-0.39, 0.29) is 5.91 Å². The van der Waals surface area contributed by atoms with Crippen LogP contribution in [0, 0.1) is 0 Å². The molecular formula is C16H17ClN2OS. The van der Waals surface area contributed by atoms with Gasteiger partial charge < -0.3 is 5.32 Å². The van der Waals surface area contributed by atoms with Gasteiger partial charge in [0.25, 0.3) is 5.91 Å². The number of halogens is 1. The Hall–Kier alpha value is -1.39. The standard InChI is InChI=1S/C16H17ClN2OS/c17-12-8-6-11(7-9-12)14-10-21-16(19-14)15(20)18-13-4-2-1-3-5-13/h6-10,13H,1-5H2,(H,18,20). The lowest BCUT2D eigenvalue weighted by atomic mass is 9.95. The summed E-state index contributed by atoms with van der Waals surface area (Å²) in [6, 6.07) is 7.81. The number of nitrogens with zero attached hydrogens (tertiary/aromatic N) is 1. The molecule has 0 spiro atoms. The van der Waals surface area contributed by atoms with Gasteiger partial charge in [0.1, 0.15) is 0 Å². The highest BCUT2D eigenvalue weighted by molar-refractivity contribution is 7.12. The molecule has 3 nitrogen and oxygen atoms in total. The molecule has 0 saturated heterocycles. The maximum atomic E-state index is 12.2.